The molecular formula is C12H7F3N2O3. The van der Waals surface area contributed by atoms with E-state index in [0.717, 1.165) is 18.2 Å². The Bertz CT molecular complexity index is 705. The summed E-state index contributed by atoms with van der Waals surface area (Å²) in [6.45, 7) is 0. The van der Waals surface area contributed by atoms with E-state index in [-0.39, 0.29) is 5.56 Å². The molecule has 0 aliphatic carbocycles. The van der Waals surface area contributed by atoms with Crippen LogP contribution in [0.15, 0.2) is 41.3 Å². The number of hydrogen-bond acceptors (Lipinski definition) is 3. The molecule has 0 fully saturated rings. The molecule has 20 heavy (non-hydrogen) atoms. The van der Waals surface area contributed by atoms with Crippen LogP contribution in [0.5, 0.6) is 0 Å². The van der Waals surface area contributed by atoms with Gasteiger partial charge in [0.1, 0.15) is 0 Å². The zero-order valence-corrected chi connectivity index (χ0v) is 9.77. The zero-order valence-electron chi connectivity index (χ0n) is 9.77. The molecule has 2 aromatic rings. The van der Waals surface area contributed by atoms with E-state index >= 15 is 0 Å². The summed E-state index contributed by atoms with van der Waals surface area (Å²) >= 11 is 0. The summed E-state index contributed by atoms with van der Waals surface area (Å²) in [6.07, 6.45) is -3.24. The first-order chi connectivity index (χ1) is 9.29. The van der Waals surface area contributed by atoms with Crippen LogP contribution in [0, 0.1) is 10.1 Å². The maximum absolute atomic E-state index is 12.4. The Morgan fingerprint density at radius 3 is 2.20 bits per heavy atom. The van der Waals surface area contributed by atoms with Crippen LogP contribution in [0.25, 0.3) is 11.1 Å². The van der Waals surface area contributed by atoms with Gasteiger partial charge in [-0.3, -0.25) is 14.9 Å². The van der Waals surface area contributed by atoms with Crippen molar-refractivity contribution in [2.24, 2.45) is 0 Å². The van der Waals surface area contributed by atoms with E-state index in [9.17, 15) is 28.1 Å². The number of pyridine rings is 1. The van der Waals surface area contributed by atoms with Crippen LogP contribution in [0.3, 0.4) is 0 Å². The number of nitrogens with zero attached hydrogens (tertiary/aromatic N) is 1. The number of nitro groups is 1. The van der Waals surface area contributed by atoms with E-state index in [1.54, 1.807) is 0 Å². The Morgan fingerprint density at radius 1 is 1.10 bits per heavy atom. The van der Waals surface area contributed by atoms with E-state index in [2.05, 4.69) is 4.98 Å². The molecule has 0 radical (unpaired) electrons. The molecule has 2 rings (SSSR count). The molecule has 1 aromatic carbocycles. The molecule has 1 N–H and O–H groups in total. The van der Waals surface area contributed by atoms with Crippen LogP contribution in [0.4, 0.5) is 18.9 Å². The van der Waals surface area contributed by atoms with Crippen LogP contribution >= 0.6 is 0 Å². The Labute approximate surface area is 109 Å². The van der Waals surface area contributed by atoms with Crippen LogP contribution < -0.4 is 5.56 Å². The number of hydrogen-bond donors (Lipinski definition) is 1. The van der Waals surface area contributed by atoms with Crippen molar-refractivity contribution in [3.8, 4) is 11.1 Å². The molecule has 0 saturated carbocycles. The second-order valence-corrected chi connectivity index (χ2v) is 3.93. The molecule has 1 aromatic heterocycles. The summed E-state index contributed by atoms with van der Waals surface area (Å²) in [5.41, 5.74) is -1.77. The maximum atomic E-state index is 12.4. The minimum absolute atomic E-state index is 0.255. The fourth-order valence-corrected chi connectivity index (χ4v) is 1.63. The van der Waals surface area contributed by atoms with Crippen molar-refractivity contribution < 1.29 is 18.1 Å². The average molecular weight is 284 g/mol. The Hall–Kier alpha value is -2.64. The first-order valence-electron chi connectivity index (χ1n) is 5.34. The summed E-state index contributed by atoms with van der Waals surface area (Å²) in [7, 11) is 0. The molecule has 0 aliphatic rings. The number of rotatable bonds is 2. The average Bonchev–Trinajstić information content (AvgIpc) is 2.38. The Balaban J connectivity index is 2.45. The first-order valence-corrected chi connectivity index (χ1v) is 5.34. The van der Waals surface area contributed by atoms with Gasteiger partial charge in [-0.2, -0.15) is 13.2 Å². The highest BCUT2D eigenvalue weighted by Crippen LogP contribution is 2.31. The lowest BCUT2D eigenvalue weighted by molar-refractivity contribution is -0.386. The van der Waals surface area contributed by atoms with Gasteiger partial charge in [0.2, 0.25) is 0 Å². The molecular weight excluding hydrogens is 277 g/mol. The SMILES string of the molecule is O=c1[nH]cc(-c2ccc(C(F)(F)F)cc2)cc1[N+](=O)[O-]. The fourth-order valence-electron chi connectivity index (χ4n) is 1.63. The number of aromatic nitrogens is 1. The number of benzene rings is 1. The van der Waals surface area contributed by atoms with Crippen molar-refractivity contribution in [3.05, 3.63) is 62.6 Å². The van der Waals surface area contributed by atoms with Crippen LogP contribution in [-0.4, -0.2) is 9.91 Å². The van der Waals surface area contributed by atoms with Crippen molar-refractivity contribution in [3.63, 3.8) is 0 Å². The van der Waals surface area contributed by atoms with Gasteiger partial charge in [-0.25, -0.2) is 0 Å². The van der Waals surface area contributed by atoms with E-state index in [4.69, 9.17) is 0 Å². The minimum atomic E-state index is -4.45. The van der Waals surface area contributed by atoms with Gasteiger partial charge in [-0.1, -0.05) is 12.1 Å². The van der Waals surface area contributed by atoms with E-state index in [0.29, 0.717) is 5.56 Å². The third-order valence-electron chi connectivity index (χ3n) is 2.63. The van der Waals surface area contributed by atoms with Gasteiger partial charge >= 0.3 is 17.4 Å². The van der Waals surface area contributed by atoms with Crippen molar-refractivity contribution in [2.45, 2.75) is 6.18 Å². The van der Waals surface area contributed by atoms with Gasteiger partial charge in [0.05, 0.1) is 10.5 Å². The lowest BCUT2D eigenvalue weighted by atomic mass is 10.1. The van der Waals surface area contributed by atoms with E-state index in [1.807, 2.05) is 0 Å². The van der Waals surface area contributed by atoms with E-state index < -0.39 is 27.9 Å². The Morgan fingerprint density at radius 2 is 1.70 bits per heavy atom. The third-order valence-corrected chi connectivity index (χ3v) is 2.63. The van der Waals surface area contributed by atoms with Gasteiger partial charge < -0.3 is 4.98 Å². The largest absolute Gasteiger partial charge is 0.416 e. The number of halogens is 3. The summed E-state index contributed by atoms with van der Waals surface area (Å²) in [5, 5.41) is 10.6. The summed E-state index contributed by atoms with van der Waals surface area (Å²) in [5.74, 6) is 0. The molecule has 1 heterocycles. The molecule has 0 unspecified atom stereocenters. The standard InChI is InChI=1S/C12H7F3N2O3/c13-12(14,15)9-3-1-7(2-4-9)8-5-10(17(19)20)11(18)16-6-8/h1-6H,(H,16,18). The zero-order chi connectivity index (χ0) is 14.9. The molecule has 0 bridgehead atoms. The van der Waals surface area contributed by atoms with Gasteiger partial charge in [0.15, 0.2) is 0 Å². The topological polar surface area (TPSA) is 76.0 Å². The predicted octanol–water partition coefficient (Wildman–Crippen LogP) is 2.97. The lowest BCUT2D eigenvalue weighted by Crippen LogP contribution is -2.10. The summed E-state index contributed by atoms with van der Waals surface area (Å²) in [6, 6.07) is 5.11. The van der Waals surface area contributed by atoms with Crippen LogP contribution in [0.1, 0.15) is 5.56 Å². The van der Waals surface area contributed by atoms with Crippen molar-refractivity contribution in [2.75, 3.05) is 0 Å². The third kappa shape index (κ3) is 2.68. The van der Waals surface area contributed by atoms with E-state index in [1.165, 1.54) is 18.3 Å². The molecule has 8 heteroatoms. The van der Waals surface area contributed by atoms with Crippen molar-refractivity contribution in [1.29, 1.82) is 0 Å². The number of H-pyrrole nitrogens is 1. The highest BCUT2D eigenvalue weighted by molar-refractivity contribution is 5.65. The van der Waals surface area contributed by atoms with Crippen LogP contribution in [0.2, 0.25) is 0 Å². The molecule has 0 aliphatic heterocycles. The smallest absolute Gasteiger partial charge is 0.323 e. The van der Waals surface area contributed by atoms with Gasteiger partial charge in [-0.15, -0.1) is 0 Å². The molecule has 5 nitrogen and oxygen atoms in total. The number of nitrogens with one attached hydrogen (secondary N) is 1. The monoisotopic (exact) mass is 284 g/mol. The Kier molecular flexibility index (Phi) is 3.31. The number of aromatic amines is 1. The fraction of sp³-hybridized carbons (Fsp3) is 0.0833. The second kappa shape index (κ2) is 4.80. The van der Waals surface area contributed by atoms with Gasteiger partial charge in [0.25, 0.3) is 0 Å². The van der Waals surface area contributed by atoms with Crippen molar-refractivity contribution >= 4 is 5.69 Å². The molecule has 0 atom stereocenters. The molecule has 0 amide bonds. The summed E-state index contributed by atoms with van der Waals surface area (Å²) in [4.78, 5) is 23.1. The van der Waals surface area contributed by atoms with Crippen LogP contribution in [-0.2, 0) is 6.18 Å². The van der Waals surface area contributed by atoms with Gasteiger partial charge in [-0.05, 0) is 17.7 Å². The quantitative estimate of drug-likeness (QED) is 0.680. The van der Waals surface area contributed by atoms with Gasteiger partial charge in [0, 0.05) is 17.8 Å². The summed E-state index contributed by atoms with van der Waals surface area (Å²) < 4.78 is 37.2. The maximum Gasteiger partial charge on any atom is 0.416 e. The molecule has 104 valence electrons. The molecule has 0 spiro atoms. The first kappa shape index (κ1) is 13.8. The minimum Gasteiger partial charge on any atom is -0.323 e. The highest BCUT2D eigenvalue weighted by Gasteiger charge is 2.30. The highest BCUT2D eigenvalue weighted by atomic mass is 19.4. The van der Waals surface area contributed by atoms with Crippen molar-refractivity contribution in [1.82, 2.24) is 4.98 Å². The lowest BCUT2D eigenvalue weighted by Gasteiger charge is -2.07. The number of alkyl halides is 3. The normalized spacial score (nSPS) is 11.3. The second-order valence-electron chi connectivity index (χ2n) is 3.93. The molecule has 0 saturated heterocycles. The predicted molar refractivity (Wildman–Crippen MR) is 64.2 cm³/mol.